The maximum atomic E-state index is 14.4. The summed E-state index contributed by atoms with van der Waals surface area (Å²) in [6.45, 7) is 2.65. The molecule has 10 heteroatoms. The summed E-state index contributed by atoms with van der Waals surface area (Å²) in [7, 11) is 0. The number of fused-ring (bicyclic) bond motifs is 1. The summed E-state index contributed by atoms with van der Waals surface area (Å²) < 4.78 is 34.1. The molecule has 0 aliphatic carbocycles. The summed E-state index contributed by atoms with van der Waals surface area (Å²) in [5.41, 5.74) is 0.343. The van der Waals surface area contributed by atoms with E-state index in [4.69, 9.17) is 4.74 Å². The van der Waals surface area contributed by atoms with E-state index in [1.165, 1.54) is 24.3 Å². The highest BCUT2D eigenvalue weighted by Gasteiger charge is 2.48. The van der Waals surface area contributed by atoms with E-state index in [0.717, 1.165) is 41.6 Å². The van der Waals surface area contributed by atoms with Gasteiger partial charge in [-0.15, -0.1) is 0 Å². The summed E-state index contributed by atoms with van der Waals surface area (Å²) in [4.78, 5) is 31.9. The van der Waals surface area contributed by atoms with Gasteiger partial charge in [-0.3, -0.25) is 14.5 Å². The molecule has 200 valence electrons. The first-order valence-corrected chi connectivity index (χ1v) is 13.2. The Morgan fingerprint density at radius 3 is 2.46 bits per heavy atom. The van der Waals surface area contributed by atoms with Crippen LogP contribution in [0, 0.1) is 11.6 Å². The lowest BCUT2D eigenvalue weighted by molar-refractivity contribution is -0.132. The van der Waals surface area contributed by atoms with Crippen molar-refractivity contribution in [2.24, 2.45) is 0 Å². The number of phenolic OH excluding ortho intramolecular Hbond substituents is 1. The molecule has 1 atom stereocenters. The quantitative estimate of drug-likeness (QED) is 0.113. The minimum atomic E-state index is -1.14. The number of benzene rings is 3. The first kappa shape index (κ1) is 26.3. The van der Waals surface area contributed by atoms with Gasteiger partial charge in [0.2, 0.25) is 0 Å². The van der Waals surface area contributed by atoms with Gasteiger partial charge in [0.15, 0.2) is 10.9 Å². The van der Waals surface area contributed by atoms with E-state index in [0.29, 0.717) is 24.0 Å². The number of hydrogen-bond donors (Lipinski definition) is 2. The molecule has 1 saturated heterocycles. The van der Waals surface area contributed by atoms with Crippen LogP contribution in [0.1, 0.15) is 43.4 Å². The van der Waals surface area contributed by atoms with Gasteiger partial charge in [-0.1, -0.05) is 43.2 Å². The number of aromatic nitrogens is 1. The lowest BCUT2D eigenvalue weighted by atomic mass is 9.95. The maximum Gasteiger partial charge on any atom is 0.301 e. The van der Waals surface area contributed by atoms with Crippen LogP contribution in [0.25, 0.3) is 16.0 Å². The van der Waals surface area contributed by atoms with Gasteiger partial charge < -0.3 is 14.9 Å². The van der Waals surface area contributed by atoms with Crippen LogP contribution in [-0.4, -0.2) is 33.5 Å². The van der Waals surface area contributed by atoms with Gasteiger partial charge in [-0.05, 0) is 54.4 Å². The number of unbranched alkanes of at least 4 members (excludes halogenated alkanes) is 2. The van der Waals surface area contributed by atoms with Crippen LogP contribution in [0.3, 0.4) is 0 Å². The Kier molecular flexibility index (Phi) is 7.30. The van der Waals surface area contributed by atoms with Crippen LogP contribution in [0.4, 0.5) is 13.9 Å². The second-order valence-corrected chi connectivity index (χ2v) is 10.1. The number of amides is 1. The number of rotatable bonds is 8. The number of aromatic hydroxyl groups is 1. The fraction of sp³-hybridized carbons (Fsp3) is 0.207. The first-order valence-electron chi connectivity index (χ1n) is 12.4. The van der Waals surface area contributed by atoms with Crippen molar-refractivity contribution >= 4 is 44.1 Å². The van der Waals surface area contributed by atoms with Crippen LogP contribution in [-0.2, 0) is 9.59 Å². The van der Waals surface area contributed by atoms with Crippen molar-refractivity contribution in [2.45, 2.75) is 32.2 Å². The number of ketones is 1. The van der Waals surface area contributed by atoms with E-state index in [1.807, 2.05) is 0 Å². The Bertz CT molecular complexity index is 1580. The summed E-state index contributed by atoms with van der Waals surface area (Å²) >= 11 is 0.844. The number of carbonyl (C=O) groups is 2. The second-order valence-electron chi connectivity index (χ2n) is 9.07. The van der Waals surface area contributed by atoms with E-state index in [9.17, 15) is 28.6 Å². The number of anilines is 1. The molecule has 1 amide bonds. The standard InChI is InChI=1S/C29H24F2N2O5S/c1-2-3-4-13-38-20-11-7-17(8-12-20)26(35)23-25(16-5-9-19(34)10-6-16)33(28(37)27(23)36)29-32-24-21(31)14-18(30)15-22(24)39-29/h5-12,14-15,25,34-35H,2-4,13H2,1H3/b26-23+. The third-order valence-electron chi connectivity index (χ3n) is 6.41. The number of ether oxygens (including phenoxy) is 1. The average molecular weight is 551 g/mol. The van der Waals surface area contributed by atoms with Gasteiger partial charge >= 0.3 is 5.91 Å². The molecule has 1 aliphatic rings. The van der Waals surface area contributed by atoms with Gasteiger partial charge in [-0.25, -0.2) is 13.8 Å². The Balaban J connectivity index is 1.58. The number of hydrogen-bond acceptors (Lipinski definition) is 7. The van der Waals surface area contributed by atoms with Crippen molar-refractivity contribution in [2.75, 3.05) is 11.5 Å². The zero-order valence-electron chi connectivity index (χ0n) is 20.9. The second kappa shape index (κ2) is 10.8. The number of nitrogens with zero attached hydrogens (tertiary/aromatic N) is 2. The summed E-state index contributed by atoms with van der Waals surface area (Å²) in [6, 6.07) is 12.9. The molecule has 1 aliphatic heterocycles. The topological polar surface area (TPSA) is 100.0 Å². The first-order chi connectivity index (χ1) is 18.8. The molecule has 7 nitrogen and oxygen atoms in total. The van der Waals surface area contributed by atoms with Crippen molar-refractivity contribution in [3.8, 4) is 11.5 Å². The van der Waals surface area contributed by atoms with Crippen molar-refractivity contribution in [3.05, 3.63) is 89.0 Å². The average Bonchev–Trinajstić information content (AvgIpc) is 3.45. The van der Waals surface area contributed by atoms with E-state index < -0.39 is 35.1 Å². The number of aliphatic hydroxyl groups excluding tert-OH is 1. The Morgan fingerprint density at radius 2 is 1.77 bits per heavy atom. The smallest absolute Gasteiger partial charge is 0.301 e. The van der Waals surface area contributed by atoms with E-state index in [-0.39, 0.29) is 32.2 Å². The molecule has 2 N–H and O–H groups in total. The summed E-state index contributed by atoms with van der Waals surface area (Å²) in [5.74, 6) is -3.50. The van der Waals surface area contributed by atoms with Crippen molar-refractivity contribution in [1.82, 2.24) is 4.98 Å². The number of thiazole rings is 1. The number of Topliss-reactive ketones (excluding diaryl/α,β-unsaturated/α-hetero) is 1. The molecule has 4 aromatic rings. The van der Waals surface area contributed by atoms with Crippen LogP contribution in [0.15, 0.2) is 66.2 Å². The number of aliphatic hydroxyl groups is 1. The monoisotopic (exact) mass is 550 g/mol. The van der Waals surface area contributed by atoms with E-state index >= 15 is 0 Å². The minimum Gasteiger partial charge on any atom is -0.508 e. The molecule has 0 bridgehead atoms. The zero-order chi connectivity index (χ0) is 27.7. The Morgan fingerprint density at radius 1 is 1.05 bits per heavy atom. The molecule has 39 heavy (non-hydrogen) atoms. The lowest BCUT2D eigenvalue weighted by Gasteiger charge is -2.23. The molecule has 2 heterocycles. The van der Waals surface area contributed by atoms with E-state index in [2.05, 4.69) is 11.9 Å². The number of carbonyl (C=O) groups excluding carboxylic acids is 2. The number of halogens is 2. The molecule has 5 rings (SSSR count). The van der Waals surface area contributed by atoms with Gasteiger partial charge in [0.25, 0.3) is 5.78 Å². The molecule has 1 aromatic heterocycles. The fourth-order valence-corrected chi connectivity index (χ4v) is 5.49. The third-order valence-corrected chi connectivity index (χ3v) is 7.41. The van der Waals surface area contributed by atoms with Gasteiger partial charge in [0.1, 0.15) is 28.6 Å². The Hall–Kier alpha value is -4.31. The van der Waals surface area contributed by atoms with Gasteiger partial charge in [-0.2, -0.15) is 0 Å². The van der Waals surface area contributed by atoms with Gasteiger partial charge in [0, 0.05) is 11.6 Å². The van der Waals surface area contributed by atoms with Crippen molar-refractivity contribution in [1.29, 1.82) is 0 Å². The zero-order valence-corrected chi connectivity index (χ0v) is 21.7. The van der Waals surface area contributed by atoms with Crippen LogP contribution in [0.5, 0.6) is 11.5 Å². The molecular formula is C29H24F2N2O5S. The van der Waals surface area contributed by atoms with Gasteiger partial charge in [0.05, 0.1) is 22.9 Å². The molecule has 0 spiro atoms. The largest absolute Gasteiger partial charge is 0.508 e. The molecule has 1 fully saturated rings. The third kappa shape index (κ3) is 5.07. The highest BCUT2D eigenvalue weighted by atomic mass is 32.1. The predicted molar refractivity (Wildman–Crippen MR) is 144 cm³/mol. The minimum absolute atomic E-state index is 0.0375. The molecule has 0 radical (unpaired) electrons. The van der Waals surface area contributed by atoms with Crippen LogP contribution < -0.4 is 9.64 Å². The number of phenols is 1. The van der Waals surface area contributed by atoms with E-state index in [1.54, 1.807) is 24.3 Å². The van der Waals surface area contributed by atoms with Crippen LogP contribution >= 0.6 is 11.3 Å². The lowest BCUT2D eigenvalue weighted by Crippen LogP contribution is -2.29. The SMILES string of the molecule is CCCCCOc1ccc(/C(O)=C2\C(=O)C(=O)N(c3nc4c(F)cc(F)cc4s3)C2c2ccc(O)cc2)cc1. The molecular weight excluding hydrogens is 526 g/mol. The highest BCUT2D eigenvalue weighted by molar-refractivity contribution is 7.22. The molecule has 0 saturated carbocycles. The molecule has 1 unspecified atom stereocenters. The van der Waals surface area contributed by atoms with Crippen molar-refractivity contribution < 1.29 is 33.3 Å². The maximum absolute atomic E-state index is 14.4. The van der Waals surface area contributed by atoms with Crippen LogP contribution in [0.2, 0.25) is 0 Å². The fourth-order valence-electron chi connectivity index (χ4n) is 4.46. The normalized spacial score (nSPS) is 16.8. The van der Waals surface area contributed by atoms with Crippen molar-refractivity contribution in [3.63, 3.8) is 0 Å². The highest BCUT2D eigenvalue weighted by Crippen LogP contribution is 2.45. The Labute approximate surface area is 226 Å². The summed E-state index contributed by atoms with van der Waals surface area (Å²) in [5, 5.41) is 21.0. The molecule has 3 aromatic carbocycles. The predicted octanol–water partition coefficient (Wildman–Crippen LogP) is 6.48. The summed E-state index contributed by atoms with van der Waals surface area (Å²) in [6.07, 6.45) is 3.03.